The molecule has 4 aromatic carbocycles. The Hall–Kier alpha value is -4.84. The van der Waals surface area contributed by atoms with Gasteiger partial charge in [-0.15, -0.1) is 0 Å². The lowest BCUT2D eigenvalue weighted by molar-refractivity contribution is 0.0733. The number of carbonyl (C=O) groups is 2. The highest BCUT2D eigenvalue weighted by Crippen LogP contribution is 2.38. The van der Waals surface area contributed by atoms with Gasteiger partial charge in [0, 0.05) is 5.56 Å². The highest BCUT2D eigenvalue weighted by Gasteiger charge is 2.18. The van der Waals surface area contributed by atoms with Gasteiger partial charge in [-0.2, -0.15) is 0 Å². The molecule has 4 aromatic rings. The first-order valence-corrected chi connectivity index (χ1v) is 11.5. The molecule has 6 nitrogen and oxygen atoms in total. The second-order valence-electron chi connectivity index (χ2n) is 8.01. The largest absolute Gasteiger partial charge is 0.493 e. The predicted octanol–water partition coefficient (Wildman–Crippen LogP) is 6.49. The van der Waals surface area contributed by atoms with Gasteiger partial charge in [0.05, 0.1) is 26.9 Å². The van der Waals surface area contributed by atoms with Gasteiger partial charge in [-0.1, -0.05) is 72.8 Å². The Balaban J connectivity index is 1.40. The van der Waals surface area contributed by atoms with Gasteiger partial charge >= 0.3 is 5.97 Å². The van der Waals surface area contributed by atoms with Crippen molar-refractivity contribution in [2.75, 3.05) is 21.3 Å². The summed E-state index contributed by atoms with van der Waals surface area (Å²) in [5.74, 6) is 0.787. The first-order chi connectivity index (χ1) is 18.0. The molecule has 6 heteroatoms. The third-order valence-corrected chi connectivity index (χ3v) is 5.69. The van der Waals surface area contributed by atoms with Gasteiger partial charge in [0.2, 0.25) is 5.75 Å². The number of allylic oxidation sites excluding steroid dienone is 1. The molecule has 0 aliphatic carbocycles. The van der Waals surface area contributed by atoms with Gasteiger partial charge in [-0.05, 0) is 47.0 Å². The number of rotatable bonds is 9. The minimum Gasteiger partial charge on any atom is -0.493 e. The number of benzene rings is 4. The number of ketones is 1. The van der Waals surface area contributed by atoms with Crippen LogP contribution < -0.4 is 18.9 Å². The van der Waals surface area contributed by atoms with E-state index in [2.05, 4.69) is 0 Å². The zero-order valence-corrected chi connectivity index (χ0v) is 20.8. The van der Waals surface area contributed by atoms with E-state index in [9.17, 15) is 9.59 Å². The normalized spacial score (nSPS) is 10.7. The van der Waals surface area contributed by atoms with E-state index >= 15 is 0 Å². The highest BCUT2D eigenvalue weighted by molar-refractivity contribution is 6.07. The summed E-state index contributed by atoms with van der Waals surface area (Å²) in [6, 6.07) is 27.4. The van der Waals surface area contributed by atoms with E-state index in [-0.39, 0.29) is 11.3 Å². The smallest absolute Gasteiger partial charge is 0.343 e. The van der Waals surface area contributed by atoms with Crippen molar-refractivity contribution >= 4 is 17.8 Å². The molecule has 0 atom stereocenters. The monoisotopic (exact) mass is 494 g/mol. The number of carbonyl (C=O) groups excluding carboxylic acids is 2. The molecule has 0 aliphatic rings. The Morgan fingerprint density at radius 3 is 1.81 bits per heavy atom. The van der Waals surface area contributed by atoms with Gasteiger partial charge in [-0.25, -0.2) is 4.79 Å². The van der Waals surface area contributed by atoms with E-state index in [1.807, 2.05) is 54.6 Å². The molecule has 0 fully saturated rings. The summed E-state index contributed by atoms with van der Waals surface area (Å²) in [6.07, 6.45) is 3.24. The minimum absolute atomic E-state index is 0.0995. The summed E-state index contributed by atoms with van der Waals surface area (Å²) in [5, 5.41) is 0. The molecular formula is C31H26O6. The molecule has 0 amide bonds. The zero-order chi connectivity index (χ0) is 26.2. The number of hydrogen-bond acceptors (Lipinski definition) is 6. The molecule has 0 bridgehead atoms. The van der Waals surface area contributed by atoms with Crippen molar-refractivity contribution in [1.82, 2.24) is 0 Å². The maximum absolute atomic E-state index is 12.7. The van der Waals surface area contributed by atoms with E-state index < -0.39 is 5.97 Å². The molecule has 0 radical (unpaired) electrons. The van der Waals surface area contributed by atoms with Crippen molar-refractivity contribution < 1.29 is 28.5 Å². The molecule has 0 aliphatic heterocycles. The molecule has 0 saturated heterocycles. The Kier molecular flexibility index (Phi) is 8.01. The first kappa shape index (κ1) is 25.3. The molecule has 186 valence electrons. The third kappa shape index (κ3) is 6.05. The van der Waals surface area contributed by atoms with Gasteiger partial charge in [0.15, 0.2) is 17.3 Å². The van der Waals surface area contributed by atoms with E-state index in [0.29, 0.717) is 28.6 Å². The van der Waals surface area contributed by atoms with E-state index in [0.717, 1.165) is 16.7 Å². The topological polar surface area (TPSA) is 71.1 Å². The fourth-order valence-electron chi connectivity index (χ4n) is 3.74. The van der Waals surface area contributed by atoms with Crippen molar-refractivity contribution in [3.63, 3.8) is 0 Å². The molecule has 0 unspecified atom stereocenters. The maximum Gasteiger partial charge on any atom is 0.343 e. The molecule has 0 aromatic heterocycles. The van der Waals surface area contributed by atoms with E-state index in [1.165, 1.54) is 39.5 Å². The summed E-state index contributed by atoms with van der Waals surface area (Å²) < 4.78 is 21.4. The van der Waals surface area contributed by atoms with Gasteiger partial charge in [0.25, 0.3) is 0 Å². The minimum atomic E-state index is -0.573. The fraction of sp³-hybridized carbons (Fsp3) is 0.0968. The molecule has 4 rings (SSSR count). The van der Waals surface area contributed by atoms with Crippen molar-refractivity contribution in [3.05, 3.63) is 114 Å². The van der Waals surface area contributed by atoms with Crippen LogP contribution in [0.5, 0.6) is 23.0 Å². The fourth-order valence-corrected chi connectivity index (χ4v) is 3.74. The Morgan fingerprint density at radius 2 is 1.24 bits per heavy atom. The lowest BCUT2D eigenvalue weighted by atomic mass is 10.0. The lowest BCUT2D eigenvalue weighted by Crippen LogP contribution is -2.09. The summed E-state index contributed by atoms with van der Waals surface area (Å²) in [7, 11) is 4.44. The molecule has 0 N–H and O–H groups in total. The highest BCUT2D eigenvalue weighted by atomic mass is 16.5. The van der Waals surface area contributed by atoms with Crippen LogP contribution in [0.2, 0.25) is 0 Å². The second-order valence-corrected chi connectivity index (χ2v) is 8.01. The van der Waals surface area contributed by atoms with Crippen LogP contribution in [0.4, 0.5) is 0 Å². The van der Waals surface area contributed by atoms with E-state index in [4.69, 9.17) is 18.9 Å². The van der Waals surface area contributed by atoms with Crippen molar-refractivity contribution in [2.24, 2.45) is 0 Å². The van der Waals surface area contributed by atoms with Gasteiger partial charge in [-0.3, -0.25) is 4.79 Å². The van der Waals surface area contributed by atoms with Crippen LogP contribution in [0.25, 0.3) is 17.2 Å². The van der Waals surface area contributed by atoms with Crippen LogP contribution in [-0.4, -0.2) is 33.1 Å². The predicted molar refractivity (Wildman–Crippen MR) is 143 cm³/mol. The standard InChI is InChI=1S/C31H26O6/c1-34-28-19-25(20-29(35-2)30(28)36-3)31(33)37-26-16-9-21(10-17-26)11-18-27(32)24-14-12-23(13-15-24)22-7-5-4-6-8-22/h4-20H,1-3H3. The second kappa shape index (κ2) is 11.7. The summed E-state index contributed by atoms with van der Waals surface area (Å²) in [5.41, 5.74) is 3.80. The summed E-state index contributed by atoms with van der Waals surface area (Å²) in [4.78, 5) is 25.3. The number of ether oxygens (including phenoxy) is 4. The van der Waals surface area contributed by atoms with Crippen molar-refractivity contribution in [1.29, 1.82) is 0 Å². The number of esters is 1. The third-order valence-electron chi connectivity index (χ3n) is 5.69. The Labute approximate surface area is 215 Å². The number of hydrogen-bond donors (Lipinski definition) is 0. The lowest BCUT2D eigenvalue weighted by Gasteiger charge is -2.13. The quantitative estimate of drug-likeness (QED) is 0.115. The van der Waals surface area contributed by atoms with Crippen molar-refractivity contribution in [3.8, 4) is 34.1 Å². The van der Waals surface area contributed by atoms with Crippen LogP contribution >= 0.6 is 0 Å². The number of methoxy groups -OCH3 is 3. The van der Waals surface area contributed by atoms with Gasteiger partial charge in [0.1, 0.15) is 5.75 Å². The van der Waals surface area contributed by atoms with Crippen LogP contribution in [-0.2, 0) is 0 Å². The first-order valence-electron chi connectivity index (χ1n) is 11.5. The van der Waals surface area contributed by atoms with Crippen molar-refractivity contribution in [2.45, 2.75) is 0 Å². The molecule has 0 heterocycles. The molecule has 0 saturated carbocycles. The summed E-state index contributed by atoms with van der Waals surface area (Å²) >= 11 is 0. The van der Waals surface area contributed by atoms with Crippen LogP contribution in [0, 0.1) is 0 Å². The Morgan fingerprint density at radius 1 is 0.649 bits per heavy atom. The maximum atomic E-state index is 12.7. The van der Waals surface area contributed by atoms with Crippen LogP contribution in [0.3, 0.4) is 0 Å². The van der Waals surface area contributed by atoms with Gasteiger partial charge < -0.3 is 18.9 Å². The van der Waals surface area contributed by atoms with E-state index in [1.54, 1.807) is 30.3 Å². The zero-order valence-electron chi connectivity index (χ0n) is 20.8. The molecular weight excluding hydrogens is 468 g/mol. The average molecular weight is 495 g/mol. The average Bonchev–Trinajstić information content (AvgIpc) is 2.96. The Bertz CT molecular complexity index is 1380. The molecule has 37 heavy (non-hydrogen) atoms. The molecule has 0 spiro atoms. The SMILES string of the molecule is COc1cc(C(=O)Oc2ccc(C=CC(=O)c3ccc(-c4ccccc4)cc3)cc2)cc(OC)c1OC. The van der Waals surface area contributed by atoms with Crippen LogP contribution in [0.1, 0.15) is 26.3 Å². The summed E-state index contributed by atoms with van der Waals surface area (Å²) in [6.45, 7) is 0. The van der Waals surface area contributed by atoms with Crippen LogP contribution in [0.15, 0.2) is 97.1 Å².